The summed E-state index contributed by atoms with van der Waals surface area (Å²) in [4.78, 5) is 0. The molecule has 0 N–H and O–H groups in total. The van der Waals surface area contributed by atoms with E-state index in [0.29, 0.717) is 0 Å². The summed E-state index contributed by atoms with van der Waals surface area (Å²) in [6.07, 6.45) is 0. The topological polar surface area (TPSA) is 52.6 Å². The van der Waals surface area contributed by atoms with Gasteiger partial charge in [-0.1, -0.05) is 212 Å². The van der Waals surface area contributed by atoms with Crippen molar-refractivity contribution >= 4 is 87.8 Å². The van der Waals surface area contributed by atoms with Crippen molar-refractivity contribution in [3.63, 3.8) is 0 Å². The van der Waals surface area contributed by atoms with E-state index in [-0.39, 0.29) is 0 Å². The fourth-order valence-corrected chi connectivity index (χ4v) is 16.2. The zero-order chi connectivity index (χ0) is 58.8. The van der Waals surface area contributed by atoms with Gasteiger partial charge in [-0.15, -0.1) is 0 Å². The van der Waals surface area contributed by atoms with E-state index in [1.165, 1.54) is 66.8 Å². The van der Waals surface area contributed by atoms with Crippen molar-refractivity contribution in [3.8, 4) is 55.6 Å². The van der Waals surface area contributed by atoms with Crippen molar-refractivity contribution in [2.45, 2.75) is 10.8 Å². The molecule has 18 aromatic rings. The molecular formula is C86H50O4. The number of furan rings is 4. The molecule has 0 amide bonds. The molecule has 418 valence electrons. The number of rotatable bonds is 7. The van der Waals surface area contributed by atoms with Gasteiger partial charge in [-0.25, -0.2) is 0 Å². The molecule has 4 heterocycles. The lowest BCUT2D eigenvalue weighted by molar-refractivity contribution is 0.665. The van der Waals surface area contributed by atoms with Crippen LogP contribution in [0.1, 0.15) is 44.5 Å². The number of fused-ring (bicyclic) bond motifs is 18. The molecule has 0 aliphatic heterocycles. The largest absolute Gasteiger partial charge is 0.456 e. The van der Waals surface area contributed by atoms with Gasteiger partial charge in [0.05, 0.1) is 10.8 Å². The molecule has 90 heavy (non-hydrogen) atoms. The van der Waals surface area contributed by atoms with Crippen LogP contribution in [0.25, 0.3) is 143 Å². The Balaban J connectivity index is 0.693. The van der Waals surface area contributed by atoms with E-state index in [0.717, 1.165) is 121 Å². The maximum atomic E-state index is 6.93. The molecule has 2 aliphatic carbocycles. The van der Waals surface area contributed by atoms with Crippen LogP contribution in [-0.4, -0.2) is 0 Å². The predicted octanol–water partition coefficient (Wildman–Crippen LogP) is 23.0. The van der Waals surface area contributed by atoms with Gasteiger partial charge in [0.15, 0.2) is 0 Å². The first-order chi connectivity index (χ1) is 44.6. The molecule has 2 aliphatic rings. The van der Waals surface area contributed by atoms with Gasteiger partial charge in [-0.05, 0) is 191 Å². The highest BCUT2D eigenvalue weighted by Gasteiger charge is 2.48. The molecule has 4 aromatic heterocycles. The minimum absolute atomic E-state index is 0.522. The second-order valence-electron chi connectivity index (χ2n) is 24.5. The van der Waals surface area contributed by atoms with E-state index in [9.17, 15) is 0 Å². The van der Waals surface area contributed by atoms with Gasteiger partial charge in [0.1, 0.15) is 44.7 Å². The SMILES string of the molecule is c1ccc(C2(c3cccc(-c4ccc5oc6cc(-c7cccc8oc9cc%10c(cc9c78)-c7ccccc7C%10(c7ccccc7)c7ccccc7)ccc6c5c4)c3)c3ccccc3-c3cc4c(cc32)oc2ccc(-c3ccc5c(c3)oc3ccccc35)cc24)cc1. The third-order valence-electron chi connectivity index (χ3n) is 20.0. The average molecular weight is 1150 g/mol. The highest BCUT2D eigenvalue weighted by Crippen LogP contribution is 2.60. The van der Waals surface area contributed by atoms with Gasteiger partial charge in [0.25, 0.3) is 0 Å². The van der Waals surface area contributed by atoms with Crippen molar-refractivity contribution in [2.24, 2.45) is 0 Å². The van der Waals surface area contributed by atoms with Crippen molar-refractivity contribution < 1.29 is 17.7 Å². The number of para-hydroxylation sites is 1. The van der Waals surface area contributed by atoms with Crippen LogP contribution in [0, 0.1) is 0 Å². The third-order valence-corrected chi connectivity index (χ3v) is 20.0. The van der Waals surface area contributed by atoms with Crippen molar-refractivity contribution in [1.29, 1.82) is 0 Å². The van der Waals surface area contributed by atoms with Crippen LogP contribution in [0.4, 0.5) is 0 Å². The maximum Gasteiger partial charge on any atom is 0.136 e. The Labute approximate surface area is 516 Å². The molecule has 1 atom stereocenters. The maximum absolute atomic E-state index is 6.93. The molecule has 1 unspecified atom stereocenters. The monoisotopic (exact) mass is 1150 g/mol. The highest BCUT2D eigenvalue weighted by atomic mass is 16.3. The lowest BCUT2D eigenvalue weighted by Crippen LogP contribution is -2.28. The molecule has 0 bridgehead atoms. The quantitative estimate of drug-likeness (QED) is 0.160. The summed E-state index contributed by atoms with van der Waals surface area (Å²) in [6.45, 7) is 0. The van der Waals surface area contributed by atoms with Crippen LogP contribution in [0.15, 0.2) is 321 Å². The highest BCUT2D eigenvalue weighted by molar-refractivity contribution is 6.16. The van der Waals surface area contributed by atoms with E-state index < -0.39 is 10.8 Å². The summed E-state index contributed by atoms with van der Waals surface area (Å²) >= 11 is 0. The number of benzene rings is 14. The lowest BCUT2D eigenvalue weighted by Gasteiger charge is -2.34. The molecule has 0 saturated carbocycles. The Morgan fingerprint density at radius 3 is 1.21 bits per heavy atom. The molecule has 0 saturated heterocycles. The molecule has 0 fully saturated rings. The Hall–Kier alpha value is -11.7. The first-order valence-corrected chi connectivity index (χ1v) is 30.9. The van der Waals surface area contributed by atoms with Crippen LogP contribution < -0.4 is 0 Å². The van der Waals surface area contributed by atoms with E-state index in [4.69, 9.17) is 17.7 Å². The van der Waals surface area contributed by atoms with Crippen molar-refractivity contribution in [2.75, 3.05) is 0 Å². The summed E-state index contributed by atoms with van der Waals surface area (Å²) < 4.78 is 27.0. The Morgan fingerprint density at radius 1 is 0.178 bits per heavy atom. The van der Waals surface area contributed by atoms with Gasteiger partial charge in [-0.3, -0.25) is 0 Å². The van der Waals surface area contributed by atoms with Gasteiger partial charge < -0.3 is 17.7 Å². The van der Waals surface area contributed by atoms with Gasteiger partial charge >= 0.3 is 0 Å². The normalized spacial score (nSPS) is 14.8. The minimum atomic E-state index is -0.658. The number of hydrogen-bond donors (Lipinski definition) is 0. The summed E-state index contributed by atoms with van der Waals surface area (Å²) in [5, 5.41) is 8.74. The second-order valence-corrected chi connectivity index (χ2v) is 24.5. The first-order valence-electron chi connectivity index (χ1n) is 30.9. The van der Waals surface area contributed by atoms with Crippen LogP contribution in [0.5, 0.6) is 0 Å². The van der Waals surface area contributed by atoms with E-state index >= 15 is 0 Å². The third kappa shape index (κ3) is 6.74. The molecular weight excluding hydrogens is 1100 g/mol. The van der Waals surface area contributed by atoms with E-state index in [1.807, 2.05) is 12.1 Å². The standard InChI is InChI=1S/C86H50O4/c1-4-19-56(20-5-1)85(57-21-6-2-7-22-57)72-30-13-10-27-62(72)67-48-71-83(50-74(67)85)90-79-33-17-29-60(84(71)79)55-35-39-65-68-43-52(36-40-77(68)88-81(65)46-55)51-18-16-25-59(42-51)86(58-23-8-3-9-24-58)73-31-14-11-26-61(73)66-47-70-69-44-53(37-41-78(69)89-82(70)49-75(66)86)54-34-38-64-63-28-12-15-32-76(63)87-80(64)45-54/h1-50H. The molecule has 0 spiro atoms. The predicted molar refractivity (Wildman–Crippen MR) is 366 cm³/mol. The van der Waals surface area contributed by atoms with E-state index in [1.54, 1.807) is 0 Å². The van der Waals surface area contributed by atoms with Crippen LogP contribution in [-0.2, 0) is 10.8 Å². The summed E-state index contributed by atoms with van der Waals surface area (Å²) in [5.74, 6) is 0. The Bertz CT molecular complexity index is 6000. The summed E-state index contributed by atoms with van der Waals surface area (Å²) in [5.41, 5.74) is 27.0. The zero-order valence-corrected chi connectivity index (χ0v) is 48.5. The van der Waals surface area contributed by atoms with Crippen LogP contribution >= 0.6 is 0 Å². The van der Waals surface area contributed by atoms with Crippen LogP contribution in [0.2, 0.25) is 0 Å². The molecule has 20 rings (SSSR count). The molecule has 4 heteroatoms. The van der Waals surface area contributed by atoms with Crippen molar-refractivity contribution in [3.05, 3.63) is 348 Å². The fraction of sp³-hybridized carbons (Fsp3) is 0.0233. The average Bonchev–Trinajstić information content (AvgIpc) is 1.53. The van der Waals surface area contributed by atoms with Crippen molar-refractivity contribution in [1.82, 2.24) is 0 Å². The number of hydrogen-bond acceptors (Lipinski definition) is 4. The smallest absolute Gasteiger partial charge is 0.136 e. The van der Waals surface area contributed by atoms with E-state index in [2.05, 4.69) is 291 Å². The Kier molecular flexibility index (Phi) is 10.1. The minimum Gasteiger partial charge on any atom is -0.456 e. The lowest BCUT2D eigenvalue weighted by atomic mass is 9.67. The molecule has 4 nitrogen and oxygen atoms in total. The van der Waals surface area contributed by atoms with Gasteiger partial charge in [-0.2, -0.15) is 0 Å². The zero-order valence-electron chi connectivity index (χ0n) is 48.5. The first kappa shape index (κ1) is 49.4. The fourth-order valence-electron chi connectivity index (χ4n) is 16.2. The van der Waals surface area contributed by atoms with Crippen LogP contribution in [0.3, 0.4) is 0 Å². The second kappa shape index (κ2) is 18.4. The Morgan fingerprint density at radius 2 is 0.567 bits per heavy atom. The summed E-state index contributed by atoms with van der Waals surface area (Å²) in [6, 6.07) is 110. The van der Waals surface area contributed by atoms with Gasteiger partial charge in [0, 0.05) is 43.1 Å². The molecule has 14 aromatic carbocycles. The van der Waals surface area contributed by atoms with Gasteiger partial charge in [0.2, 0.25) is 0 Å². The summed E-state index contributed by atoms with van der Waals surface area (Å²) in [7, 11) is 0. The molecule has 0 radical (unpaired) electrons.